The molecule has 1 unspecified atom stereocenters. The van der Waals surface area contributed by atoms with Gasteiger partial charge in [0.05, 0.1) is 24.5 Å². The van der Waals surface area contributed by atoms with E-state index in [0.29, 0.717) is 18.2 Å². The van der Waals surface area contributed by atoms with Crippen LogP contribution in [0.3, 0.4) is 0 Å². The third-order valence-electron chi connectivity index (χ3n) is 3.81. The molecule has 1 heterocycles. The normalized spacial score (nSPS) is 17.1. The smallest absolute Gasteiger partial charge is 0.213 e. The molecule has 21 heavy (non-hydrogen) atoms. The van der Waals surface area contributed by atoms with Gasteiger partial charge in [0.25, 0.3) is 0 Å². The Kier molecular flexibility index (Phi) is 3.95. The van der Waals surface area contributed by atoms with Crippen LogP contribution in [0.15, 0.2) is 36.5 Å². The van der Waals surface area contributed by atoms with Crippen LogP contribution in [0.5, 0.6) is 11.6 Å². The van der Waals surface area contributed by atoms with Crippen molar-refractivity contribution < 1.29 is 9.84 Å². The minimum atomic E-state index is 0.272. The van der Waals surface area contributed by atoms with Crippen molar-refractivity contribution in [1.29, 1.82) is 0 Å². The minimum absolute atomic E-state index is 0.272. The fraction of sp³-hybridized carbons (Fsp3) is 0.353. The van der Waals surface area contributed by atoms with Crippen LogP contribution < -0.4 is 10.1 Å². The number of phenolic OH excluding ortho intramolecular Hbond substituents is 1. The Morgan fingerprint density at radius 2 is 2.24 bits per heavy atom. The molecule has 2 aromatic rings. The van der Waals surface area contributed by atoms with Crippen molar-refractivity contribution in [2.24, 2.45) is 0 Å². The molecule has 0 aliphatic heterocycles. The number of ether oxygens (including phenoxy) is 1. The largest absolute Gasteiger partial charge is 0.508 e. The van der Waals surface area contributed by atoms with E-state index in [-0.39, 0.29) is 6.04 Å². The molecule has 4 nitrogen and oxygen atoms in total. The van der Waals surface area contributed by atoms with Crippen molar-refractivity contribution in [3.8, 4) is 11.6 Å². The quantitative estimate of drug-likeness (QED) is 0.899. The van der Waals surface area contributed by atoms with Gasteiger partial charge in [0.2, 0.25) is 5.88 Å². The first kappa shape index (κ1) is 13.7. The van der Waals surface area contributed by atoms with Crippen LogP contribution in [0.25, 0.3) is 0 Å². The highest BCUT2D eigenvalue weighted by Crippen LogP contribution is 2.34. The Morgan fingerprint density at radius 1 is 1.33 bits per heavy atom. The lowest BCUT2D eigenvalue weighted by Crippen LogP contribution is -2.17. The van der Waals surface area contributed by atoms with Gasteiger partial charge in [0, 0.05) is 6.07 Å². The molecule has 0 saturated carbocycles. The molecule has 1 aliphatic carbocycles. The van der Waals surface area contributed by atoms with E-state index in [1.54, 1.807) is 12.3 Å². The molecule has 3 rings (SSSR count). The molecule has 0 fully saturated rings. The number of pyridine rings is 1. The Hall–Kier alpha value is -2.23. The standard InChI is InChI=1S/C17H20N2O2/c1-2-21-17-9-6-13(11-18-17)19-16-5-3-4-12-10-14(20)7-8-15(12)16/h6-11,16,19-20H,2-5H2,1H3. The third-order valence-corrected chi connectivity index (χ3v) is 3.81. The van der Waals surface area contributed by atoms with Crippen molar-refractivity contribution >= 4 is 5.69 Å². The lowest BCUT2D eigenvalue weighted by molar-refractivity contribution is 0.327. The Bertz CT molecular complexity index is 611. The second kappa shape index (κ2) is 6.04. The second-order valence-corrected chi connectivity index (χ2v) is 5.29. The van der Waals surface area contributed by atoms with Gasteiger partial charge in [0.1, 0.15) is 5.75 Å². The zero-order chi connectivity index (χ0) is 14.7. The van der Waals surface area contributed by atoms with Gasteiger partial charge in [-0.2, -0.15) is 0 Å². The molecular formula is C17H20N2O2. The molecule has 110 valence electrons. The summed E-state index contributed by atoms with van der Waals surface area (Å²) in [5, 5.41) is 13.1. The number of phenols is 1. The Labute approximate surface area is 124 Å². The molecule has 0 saturated heterocycles. The van der Waals surface area contributed by atoms with Crippen molar-refractivity contribution in [2.75, 3.05) is 11.9 Å². The van der Waals surface area contributed by atoms with Gasteiger partial charge in [-0.1, -0.05) is 6.07 Å². The van der Waals surface area contributed by atoms with Crippen molar-refractivity contribution in [3.05, 3.63) is 47.7 Å². The van der Waals surface area contributed by atoms with Crippen LogP contribution in [-0.4, -0.2) is 16.7 Å². The number of hydrogen-bond donors (Lipinski definition) is 2. The molecule has 1 aliphatic rings. The fourth-order valence-corrected chi connectivity index (χ4v) is 2.85. The summed E-state index contributed by atoms with van der Waals surface area (Å²) in [4.78, 5) is 4.28. The number of anilines is 1. The number of fused-ring (bicyclic) bond motifs is 1. The summed E-state index contributed by atoms with van der Waals surface area (Å²) in [5.41, 5.74) is 3.50. The van der Waals surface area contributed by atoms with Crippen LogP contribution in [0.2, 0.25) is 0 Å². The van der Waals surface area contributed by atoms with E-state index in [1.807, 2.05) is 31.2 Å². The molecule has 2 N–H and O–H groups in total. The monoisotopic (exact) mass is 284 g/mol. The minimum Gasteiger partial charge on any atom is -0.508 e. The van der Waals surface area contributed by atoms with Crippen LogP contribution >= 0.6 is 0 Å². The summed E-state index contributed by atoms with van der Waals surface area (Å²) >= 11 is 0. The molecule has 4 heteroatoms. The van der Waals surface area contributed by atoms with Crippen LogP contribution in [0, 0.1) is 0 Å². The van der Waals surface area contributed by atoms with Gasteiger partial charge in [-0.25, -0.2) is 4.98 Å². The van der Waals surface area contributed by atoms with Gasteiger partial charge in [0.15, 0.2) is 0 Å². The molecule has 1 aromatic carbocycles. The van der Waals surface area contributed by atoms with Crippen molar-refractivity contribution in [3.63, 3.8) is 0 Å². The van der Waals surface area contributed by atoms with E-state index in [0.717, 1.165) is 24.9 Å². The van der Waals surface area contributed by atoms with Crippen molar-refractivity contribution in [2.45, 2.75) is 32.2 Å². The maximum atomic E-state index is 9.60. The Morgan fingerprint density at radius 3 is 3.00 bits per heavy atom. The summed E-state index contributed by atoms with van der Waals surface area (Å²) in [6.07, 6.45) is 5.05. The highest BCUT2D eigenvalue weighted by molar-refractivity contribution is 5.47. The van der Waals surface area contributed by atoms with Crippen molar-refractivity contribution in [1.82, 2.24) is 4.98 Å². The predicted molar refractivity (Wildman–Crippen MR) is 82.8 cm³/mol. The molecule has 0 spiro atoms. The maximum absolute atomic E-state index is 9.60. The summed E-state index contributed by atoms with van der Waals surface area (Å²) in [7, 11) is 0. The number of nitrogens with zero attached hydrogens (tertiary/aromatic N) is 1. The van der Waals surface area contributed by atoms with E-state index >= 15 is 0 Å². The first-order valence-corrected chi connectivity index (χ1v) is 7.43. The lowest BCUT2D eigenvalue weighted by atomic mass is 9.87. The second-order valence-electron chi connectivity index (χ2n) is 5.29. The average molecular weight is 284 g/mol. The van der Waals surface area contributed by atoms with E-state index < -0.39 is 0 Å². The first-order chi connectivity index (χ1) is 10.3. The van der Waals surface area contributed by atoms with Crippen LogP contribution in [-0.2, 0) is 6.42 Å². The van der Waals surface area contributed by atoms with Gasteiger partial charge in [-0.05, 0) is 55.5 Å². The van der Waals surface area contributed by atoms with E-state index in [4.69, 9.17) is 4.74 Å². The number of benzene rings is 1. The predicted octanol–water partition coefficient (Wildman–Crippen LogP) is 3.68. The number of nitrogens with one attached hydrogen (secondary N) is 1. The molecule has 1 aromatic heterocycles. The molecule has 0 radical (unpaired) electrons. The number of hydrogen-bond acceptors (Lipinski definition) is 4. The zero-order valence-electron chi connectivity index (χ0n) is 12.2. The highest BCUT2D eigenvalue weighted by Gasteiger charge is 2.20. The average Bonchev–Trinajstić information content (AvgIpc) is 2.49. The summed E-state index contributed by atoms with van der Waals surface area (Å²) in [6.45, 7) is 2.57. The number of aryl methyl sites for hydroxylation is 1. The topological polar surface area (TPSA) is 54.4 Å². The molecule has 0 amide bonds. The van der Waals surface area contributed by atoms with Gasteiger partial charge in [-0.3, -0.25) is 0 Å². The van der Waals surface area contributed by atoms with E-state index in [1.165, 1.54) is 11.1 Å². The van der Waals surface area contributed by atoms with E-state index in [2.05, 4.69) is 10.3 Å². The maximum Gasteiger partial charge on any atom is 0.213 e. The van der Waals surface area contributed by atoms with Gasteiger partial charge < -0.3 is 15.2 Å². The van der Waals surface area contributed by atoms with Gasteiger partial charge in [-0.15, -0.1) is 0 Å². The molecular weight excluding hydrogens is 264 g/mol. The number of rotatable bonds is 4. The van der Waals surface area contributed by atoms with Crippen LogP contribution in [0.1, 0.15) is 36.9 Å². The number of aromatic hydroxyl groups is 1. The SMILES string of the molecule is CCOc1ccc(NC2CCCc3cc(O)ccc32)cn1. The fourth-order valence-electron chi connectivity index (χ4n) is 2.85. The highest BCUT2D eigenvalue weighted by atomic mass is 16.5. The lowest BCUT2D eigenvalue weighted by Gasteiger charge is -2.27. The summed E-state index contributed by atoms with van der Waals surface area (Å²) in [5.74, 6) is 0.995. The van der Waals surface area contributed by atoms with Gasteiger partial charge >= 0.3 is 0 Å². The zero-order valence-corrected chi connectivity index (χ0v) is 12.2. The number of aromatic nitrogens is 1. The van der Waals surface area contributed by atoms with Crippen LogP contribution in [0.4, 0.5) is 5.69 Å². The third kappa shape index (κ3) is 3.10. The first-order valence-electron chi connectivity index (χ1n) is 7.43. The van der Waals surface area contributed by atoms with E-state index in [9.17, 15) is 5.11 Å². The summed E-state index contributed by atoms with van der Waals surface area (Å²) < 4.78 is 5.35. The Balaban J connectivity index is 1.77. The molecule has 0 bridgehead atoms. The molecule has 1 atom stereocenters. The summed E-state index contributed by atoms with van der Waals surface area (Å²) in [6, 6.07) is 9.80.